The Labute approximate surface area is 143 Å². The fourth-order valence-electron chi connectivity index (χ4n) is 2.31. The number of rotatable bonds is 6. The van der Waals surface area contributed by atoms with Crippen LogP contribution >= 0.6 is 11.3 Å². The minimum atomic E-state index is 0.344. The molecule has 0 saturated carbocycles. The summed E-state index contributed by atoms with van der Waals surface area (Å²) in [5, 5.41) is 5.63. The molecule has 0 aliphatic rings. The summed E-state index contributed by atoms with van der Waals surface area (Å²) >= 11 is 1.79. The van der Waals surface area contributed by atoms with Gasteiger partial charge in [0.05, 0.1) is 12.6 Å². The van der Waals surface area contributed by atoms with Crippen molar-refractivity contribution in [3.05, 3.63) is 58.3 Å². The second-order valence-corrected chi connectivity index (χ2v) is 6.87. The molecular formula is C18H26N4S. The molecule has 0 aliphatic heterocycles. The van der Waals surface area contributed by atoms with Crippen molar-refractivity contribution < 1.29 is 0 Å². The Morgan fingerprint density at radius 2 is 1.83 bits per heavy atom. The van der Waals surface area contributed by atoms with Crippen molar-refractivity contribution in [2.75, 3.05) is 34.7 Å². The van der Waals surface area contributed by atoms with Crippen LogP contribution in [0.2, 0.25) is 0 Å². The molecule has 0 amide bonds. The Morgan fingerprint density at radius 3 is 2.39 bits per heavy atom. The molecule has 23 heavy (non-hydrogen) atoms. The van der Waals surface area contributed by atoms with Crippen LogP contribution < -0.4 is 5.32 Å². The van der Waals surface area contributed by atoms with Crippen LogP contribution in [0.25, 0.3) is 0 Å². The van der Waals surface area contributed by atoms with E-state index >= 15 is 0 Å². The average molecular weight is 331 g/mol. The molecule has 1 heterocycles. The number of hydrogen-bond acceptors (Lipinski definition) is 3. The van der Waals surface area contributed by atoms with Gasteiger partial charge in [-0.15, -0.1) is 11.3 Å². The largest absolute Gasteiger partial charge is 0.354 e. The topological polar surface area (TPSA) is 30.9 Å². The highest BCUT2D eigenvalue weighted by Gasteiger charge is 2.16. The third-order valence-corrected chi connectivity index (χ3v) is 4.60. The lowest BCUT2D eigenvalue weighted by Gasteiger charge is -2.26. The van der Waals surface area contributed by atoms with E-state index in [4.69, 9.17) is 4.99 Å². The van der Waals surface area contributed by atoms with Gasteiger partial charge >= 0.3 is 0 Å². The van der Waals surface area contributed by atoms with E-state index in [1.54, 1.807) is 11.3 Å². The van der Waals surface area contributed by atoms with E-state index in [-0.39, 0.29) is 0 Å². The molecule has 2 rings (SSSR count). The zero-order valence-electron chi connectivity index (χ0n) is 14.4. The zero-order chi connectivity index (χ0) is 16.7. The van der Waals surface area contributed by atoms with Crippen LogP contribution in [0, 0.1) is 0 Å². The third-order valence-electron chi connectivity index (χ3n) is 3.63. The van der Waals surface area contributed by atoms with Crippen molar-refractivity contribution in [1.82, 2.24) is 15.1 Å². The number of nitrogens with one attached hydrogen (secondary N) is 1. The number of likely N-dealkylation sites (N-methyl/N-ethyl adjacent to an activating group) is 1. The highest BCUT2D eigenvalue weighted by Crippen LogP contribution is 2.22. The molecule has 0 aliphatic carbocycles. The minimum Gasteiger partial charge on any atom is -0.354 e. The van der Waals surface area contributed by atoms with Gasteiger partial charge in [-0.05, 0) is 31.1 Å². The number of hydrogen-bond donors (Lipinski definition) is 1. The van der Waals surface area contributed by atoms with Gasteiger partial charge in [0.1, 0.15) is 0 Å². The molecule has 0 fully saturated rings. The first kappa shape index (κ1) is 17.5. The first-order valence-electron chi connectivity index (χ1n) is 7.77. The van der Waals surface area contributed by atoms with Gasteiger partial charge < -0.3 is 15.1 Å². The molecule has 1 atom stereocenters. The van der Waals surface area contributed by atoms with E-state index in [0.717, 1.165) is 12.5 Å². The molecule has 4 nitrogen and oxygen atoms in total. The van der Waals surface area contributed by atoms with Crippen molar-refractivity contribution in [1.29, 1.82) is 0 Å². The van der Waals surface area contributed by atoms with Crippen molar-refractivity contribution >= 4 is 17.3 Å². The first-order valence-corrected chi connectivity index (χ1v) is 8.65. The predicted molar refractivity (Wildman–Crippen MR) is 100 cm³/mol. The Balaban J connectivity index is 2.01. The van der Waals surface area contributed by atoms with Crippen molar-refractivity contribution in [2.24, 2.45) is 4.99 Å². The van der Waals surface area contributed by atoms with Crippen LogP contribution in [0.5, 0.6) is 0 Å². The van der Waals surface area contributed by atoms with E-state index in [9.17, 15) is 0 Å². The van der Waals surface area contributed by atoms with Gasteiger partial charge in [0.25, 0.3) is 0 Å². The molecule has 1 aromatic carbocycles. The maximum absolute atomic E-state index is 4.72. The van der Waals surface area contributed by atoms with Gasteiger partial charge in [0.15, 0.2) is 5.96 Å². The maximum atomic E-state index is 4.72. The summed E-state index contributed by atoms with van der Waals surface area (Å²) in [6.45, 7) is 1.52. The fourth-order valence-corrected chi connectivity index (χ4v) is 3.23. The Kier molecular flexibility index (Phi) is 6.62. The third kappa shape index (κ3) is 5.37. The second-order valence-electron chi connectivity index (χ2n) is 5.90. The monoisotopic (exact) mass is 330 g/mol. The second kappa shape index (κ2) is 8.70. The summed E-state index contributed by atoms with van der Waals surface area (Å²) in [6.07, 6.45) is 0. The standard InChI is InChI=1S/C18H26N4S/c1-21(2)16(17-11-8-12-23-17)14-20-18(22(3)4)19-13-15-9-6-5-7-10-15/h5-12,16H,13-14H2,1-4H3,(H,19,20). The van der Waals surface area contributed by atoms with Crippen molar-refractivity contribution in [3.63, 3.8) is 0 Å². The first-order chi connectivity index (χ1) is 11.1. The van der Waals surface area contributed by atoms with Gasteiger partial charge in [-0.3, -0.25) is 0 Å². The molecule has 0 bridgehead atoms. The number of aliphatic imine (C=N–C) groups is 1. The Morgan fingerprint density at radius 1 is 1.09 bits per heavy atom. The summed E-state index contributed by atoms with van der Waals surface area (Å²) in [5.74, 6) is 0.914. The van der Waals surface area contributed by atoms with Crippen LogP contribution in [0.1, 0.15) is 16.5 Å². The van der Waals surface area contributed by atoms with Gasteiger partial charge in [0, 0.05) is 25.5 Å². The van der Waals surface area contributed by atoms with Gasteiger partial charge in [-0.1, -0.05) is 36.4 Å². The van der Waals surface area contributed by atoms with E-state index in [2.05, 4.69) is 54.0 Å². The normalized spacial score (nSPS) is 13.2. The quantitative estimate of drug-likeness (QED) is 0.652. The molecule has 1 unspecified atom stereocenters. The zero-order valence-corrected chi connectivity index (χ0v) is 15.2. The summed E-state index contributed by atoms with van der Waals surface area (Å²) in [4.78, 5) is 10.4. The summed E-state index contributed by atoms with van der Waals surface area (Å²) in [6, 6.07) is 15.0. The molecule has 1 aromatic heterocycles. The molecule has 0 spiro atoms. The molecule has 1 N–H and O–H groups in total. The molecule has 0 radical (unpaired) electrons. The van der Waals surface area contributed by atoms with Crippen LogP contribution in [-0.2, 0) is 6.54 Å². The highest BCUT2D eigenvalue weighted by atomic mass is 32.1. The van der Waals surface area contributed by atoms with E-state index in [0.29, 0.717) is 12.6 Å². The molecule has 5 heteroatoms. The lowest BCUT2D eigenvalue weighted by molar-refractivity contribution is 0.300. The minimum absolute atomic E-state index is 0.344. The van der Waals surface area contributed by atoms with Gasteiger partial charge in [-0.2, -0.15) is 0 Å². The summed E-state index contributed by atoms with van der Waals surface area (Å²) in [5.41, 5.74) is 1.22. The Hall–Kier alpha value is -1.85. The van der Waals surface area contributed by atoms with Crippen LogP contribution in [0.4, 0.5) is 0 Å². The van der Waals surface area contributed by atoms with Crippen molar-refractivity contribution in [3.8, 4) is 0 Å². The highest BCUT2D eigenvalue weighted by molar-refractivity contribution is 7.10. The molecule has 2 aromatic rings. The maximum Gasteiger partial charge on any atom is 0.193 e. The van der Waals surface area contributed by atoms with E-state index in [1.807, 2.05) is 37.2 Å². The van der Waals surface area contributed by atoms with Crippen LogP contribution in [-0.4, -0.2) is 50.5 Å². The van der Waals surface area contributed by atoms with Gasteiger partial charge in [-0.25, -0.2) is 4.99 Å². The summed E-state index contributed by atoms with van der Waals surface area (Å²) < 4.78 is 0. The van der Waals surface area contributed by atoms with Crippen LogP contribution in [0.3, 0.4) is 0 Å². The lowest BCUT2D eigenvalue weighted by atomic mass is 10.2. The Bertz CT molecular complexity index is 591. The number of guanidine groups is 1. The molecular weight excluding hydrogens is 304 g/mol. The molecule has 124 valence electrons. The number of thiophene rings is 1. The fraction of sp³-hybridized carbons (Fsp3) is 0.389. The van der Waals surface area contributed by atoms with Gasteiger partial charge in [0.2, 0.25) is 0 Å². The van der Waals surface area contributed by atoms with E-state index < -0.39 is 0 Å². The van der Waals surface area contributed by atoms with E-state index in [1.165, 1.54) is 10.4 Å². The number of nitrogens with zero attached hydrogens (tertiary/aromatic N) is 3. The summed E-state index contributed by atoms with van der Waals surface area (Å²) in [7, 11) is 8.27. The molecule has 0 saturated heterocycles. The van der Waals surface area contributed by atoms with Crippen molar-refractivity contribution in [2.45, 2.75) is 12.6 Å². The number of benzene rings is 1. The smallest absolute Gasteiger partial charge is 0.193 e. The SMILES string of the molecule is CN(C)C(=NCc1ccccc1)NCC(c1cccs1)N(C)C. The predicted octanol–water partition coefficient (Wildman–Crippen LogP) is 3.06. The average Bonchev–Trinajstić information content (AvgIpc) is 3.05. The lowest BCUT2D eigenvalue weighted by Crippen LogP contribution is -2.41. The van der Waals surface area contributed by atoms with Crippen LogP contribution in [0.15, 0.2) is 52.8 Å².